The summed E-state index contributed by atoms with van der Waals surface area (Å²) in [6.45, 7) is 4.84. The van der Waals surface area contributed by atoms with Crippen LogP contribution in [0, 0.1) is 5.92 Å². The molecule has 0 saturated carbocycles. The van der Waals surface area contributed by atoms with E-state index in [0.29, 0.717) is 6.42 Å². The second-order valence-corrected chi connectivity index (χ2v) is 5.11. The van der Waals surface area contributed by atoms with Crippen molar-refractivity contribution in [2.45, 2.75) is 6.42 Å². The molecule has 5 heteroatoms. The van der Waals surface area contributed by atoms with Crippen LogP contribution in [0.5, 0.6) is 0 Å². The molecule has 0 bridgehead atoms. The third-order valence-electron chi connectivity index (χ3n) is 3.64. The molecule has 1 fully saturated rings. The van der Waals surface area contributed by atoms with E-state index in [-0.39, 0.29) is 11.9 Å². The molecule has 1 unspecified atom stereocenters. The summed E-state index contributed by atoms with van der Waals surface area (Å²) in [4.78, 5) is 16.5. The van der Waals surface area contributed by atoms with Gasteiger partial charge in [0, 0.05) is 39.1 Å². The lowest BCUT2D eigenvalue weighted by molar-refractivity contribution is -0.146. The van der Waals surface area contributed by atoms with Crippen molar-refractivity contribution in [2.24, 2.45) is 5.92 Å². The van der Waals surface area contributed by atoms with Crippen molar-refractivity contribution in [1.82, 2.24) is 9.80 Å². The van der Waals surface area contributed by atoms with Gasteiger partial charge in [-0.05, 0) is 19.2 Å². The Bertz CT molecular complexity index is 383. The predicted octanol–water partition coefficient (Wildman–Crippen LogP) is 0.859. The van der Waals surface area contributed by atoms with E-state index >= 15 is 0 Å². The predicted molar refractivity (Wildman–Crippen MR) is 71.9 cm³/mol. The van der Waals surface area contributed by atoms with Gasteiger partial charge >= 0.3 is 5.97 Å². The number of ether oxygens (including phenoxy) is 1. The number of nitrogens with zero attached hydrogens (tertiary/aromatic N) is 2. The Hall–Kier alpha value is -1.33. The Kier molecular flexibility index (Phi) is 4.99. The van der Waals surface area contributed by atoms with Gasteiger partial charge in [-0.15, -0.1) is 0 Å². The molecule has 0 spiro atoms. The van der Waals surface area contributed by atoms with Crippen molar-refractivity contribution in [3.05, 3.63) is 24.2 Å². The third kappa shape index (κ3) is 4.08. The van der Waals surface area contributed by atoms with Gasteiger partial charge in [0.15, 0.2) is 0 Å². The summed E-state index contributed by atoms with van der Waals surface area (Å²) in [5.74, 6) is 0.527. The zero-order chi connectivity index (χ0) is 13.7. The largest absolute Gasteiger partial charge is 0.469 e. The summed E-state index contributed by atoms with van der Waals surface area (Å²) in [5, 5.41) is 0. The highest BCUT2D eigenvalue weighted by molar-refractivity contribution is 5.72. The maximum Gasteiger partial charge on any atom is 0.310 e. The number of likely N-dealkylation sites (N-methyl/N-ethyl adjacent to an activating group) is 1. The molecule has 0 radical (unpaired) electrons. The molecule has 0 aliphatic carbocycles. The van der Waals surface area contributed by atoms with Gasteiger partial charge in [0.2, 0.25) is 0 Å². The van der Waals surface area contributed by atoms with Crippen LogP contribution in [0.1, 0.15) is 5.76 Å². The molecule has 2 heterocycles. The summed E-state index contributed by atoms with van der Waals surface area (Å²) in [7, 11) is 3.57. The van der Waals surface area contributed by atoms with Gasteiger partial charge in [-0.25, -0.2) is 0 Å². The van der Waals surface area contributed by atoms with Crippen LogP contribution in [0.25, 0.3) is 0 Å². The second kappa shape index (κ2) is 6.73. The Labute approximate surface area is 114 Å². The van der Waals surface area contributed by atoms with Gasteiger partial charge in [0.25, 0.3) is 0 Å². The normalized spacial score (nSPS) is 19.3. The highest BCUT2D eigenvalue weighted by Crippen LogP contribution is 2.14. The topological polar surface area (TPSA) is 45.9 Å². The van der Waals surface area contributed by atoms with Gasteiger partial charge in [-0.2, -0.15) is 0 Å². The first-order valence-corrected chi connectivity index (χ1v) is 6.70. The van der Waals surface area contributed by atoms with Crippen molar-refractivity contribution in [3.63, 3.8) is 0 Å². The van der Waals surface area contributed by atoms with E-state index in [1.165, 1.54) is 7.11 Å². The molecule has 0 N–H and O–H groups in total. The number of esters is 1. The first-order valence-electron chi connectivity index (χ1n) is 6.70. The van der Waals surface area contributed by atoms with Gasteiger partial charge in [0.05, 0.1) is 19.3 Å². The van der Waals surface area contributed by atoms with E-state index in [2.05, 4.69) is 16.8 Å². The van der Waals surface area contributed by atoms with Gasteiger partial charge < -0.3 is 14.1 Å². The standard InChI is InChI=1S/C14H22N2O3/c1-15-5-7-16(8-6-15)11-12(14(17)18-2)10-13-4-3-9-19-13/h3-4,9,12H,5-8,10-11H2,1-2H3. The molecule has 1 aliphatic rings. The lowest BCUT2D eigenvalue weighted by Crippen LogP contribution is -2.47. The molecule has 1 aliphatic heterocycles. The van der Waals surface area contributed by atoms with E-state index in [0.717, 1.165) is 38.5 Å². The van der Waals surface area contributed by atoms with E-state index in [4.69, 9.17) is 9.15 Å². The molecule has 0 amide bonds. The smallest absolute Gasteiger partial charge is 0.310 e. The Morgan fingerprint density at radius 3 is 2.74 bits per heavy atom. The van der Waals surface area contributed by atoms with Gasteiger partial charge in [-0.3, -0.25) is 9.69 Å². The van der Waals surface area contributed by atoms with E-state index in [1.54, 1.807) is 6.26 Å². The van der Waals surface area contributed by atoms with Crippen LogP contribution >= 0.6 is 0 Å². The third-order valence-corrected chi connectivity index (χ3v) is 3.64. The Morgan fingerprint density at radius 1 is 1.42 bits per heavy atom. The van der Waals surface area contributed by atoms with Crippen LogP contribution < -0.4 is 0 Å². The lowest BCUT2D eigenvalue weighted by atomic mass is 10.0. The minimum absolute atomic E-state index is 0.153. The van der Waals surface area contributed by atoms with Crippen LogP contribution in [0.3, 0.4) is 0 Å². The fourth-order valence-corrected chi connectivity index (χ4v) is 2.40. The molecular weight excluding hydrogens is 244 g/mol. The molecule has 106 valence electrons. The Balaban J connectivity index is 1.92. The first-order chi connectivity index (χ1) is 9.19. The fraction of sp³-hybridized carbons (Fsp3) is 0.643. The van der Waals surface area contributed by atoms with Crippen LogP contribution in [0.15, 0.2) is 22.8 Å². The van der Waals surface area contributed by atoms with E-state index in [1.807, 2.05) is 12.1 Å². The van der Waals surface area contributed by atoms with E-state index in [9.17, 15) is 4.79 Å². The number of carbonyl (C=O) groups is 1. The highest BCUT2D eigenvalue weighted by atomic mass is 16.5. The number of carbonyl (C=O) groups excluding carboxylic acids is 1. The van der Waals surface area contributed by atoms with Crippen molar-refractivity contribution in [3.8, 4) is 0 Å². The Morgan fingerprint density at radius 2 is 2.16 bits per heavy atom. The molecule has 1 aromatic heterocycles. The zero-order valence-electron chi connectivity index (χ0n) is 11.7. The molecule has 0 aromatic carbocycles. The van der Waals surface area contributed by atoms with E-state index < -0.39 is 0 Å². The number of rotatable bonds is 5. The number of hydrogen-bond donors (Lipinski definition) is 0. The number of hydrogen-bond acceptors (Lipinski definition) is 5. The number of methoxy groups -OCH3 is 1. The fourth-order valence-electron chi connectivity index (χ4n) is 2.40. The molecular formula is C14H22N2O3. The minimum Gasteiger partial charge on any atom is -0.469 e. The summed E-state index contributed by atoms with van der Waals surface area (Å²) >= 11 is 0. The van der Waals surface area contributed by atoms with Gasteiger partial charge in [-0.1, -0.05) is 0 Å². The maximum absolute atomic E-state index is 11.9. The molecule has 19 heavy (non-hydrogen) atoms. The summed E-state index contributed by atoms with van der Waals surface area (Å²) in [6.07, 6.45) is 2.24. The van der Waals surface area contributed by atoms with Gasteiger partial charge in [0.1, 0.15) is 5.76 Å². The van der Waals surface area contributed by atoms with Crippen LogP contribution in [0.4, 0.5) is 0 Å². The van der Waals surface area contributed by atoms with Crippen molar-refractivity contribution in [1.29, 1.82) is 0 Å². The van der Waals surface area contributed by atoms with Crippen molar-refractivity contribution >= 4 is 5.97 Å². The van der Waals surface area contributed by atoms with Crippen LogP contribution in [0.2, 0.25) is 0 Å². The SMILES string of the molecule is COC(=O)C(Cc1ccco1)CN1CCN(C)CC1. The van der Waals surface area contributed by atoms with Crippen LogP contribution in [-0.2, 0) is 16.0 Å². The monoisotopic (exact) mass is 266 g/mol. The summed E-state index contributed by atoms with van der Waals surface area (Å²) < 4.78 is 10.2. The first kappa shape index (κ1) is 14.1. The maximum atomic E-state index is 11.9. The highest BCUT2D eigenvalue weighted by Gasteiger charge is 2.25. The molecule has 1 saturated heterocycles. The van der Waals surface area contributed by atoms with Crippen molar-refractivity contribution < 1.29 is 13.9 Å². The van der Waals surface area contributed by atoms with Crippen molar-refractivity contribution in [2.75, 3.05) is 46.9 Å². The summed E-state index contributed by atoms with van der Waals surface area (Å²) in [5.41, 5.74) is 0. The number of furan rings is 1. The average Bonchev–Trinajstić information content (AvgIpc) is 2.92. The molecule has 1 aromatic rings. The average molecular weight is 266 g/mol. The van der Waals surface area contributed by atoms with Crippen LogP contribution in [-0.4, -0.2) is 62.7 Å². The molecule has 1 atom stereocenters. The minimum atomic E-state index is -0.157. The zero-order valence-corrected chi connectivity index (χ0v) is 11.7. The molecule has 5 nitrogen and oxygen atoms in total. The summed E-state index contributed by atoms with van der Waals surface area (Å²) in [6, 6.07) is 3.75. The second-order valence-electron chi connectivity index (χ2n) is 5.11. The lowest BCUT2D eigenvalue weighted by Gasteiger charge is -2.33. The molecule has 2 rings (SSSR count). The quantitative estimate of drug-likeness (QED) is 0.740. The number of piperazine rings is 1.